The Morgan fingerprint density at radius 2 is 1.00 bits per heavy atom. The number of hydrogen-bond acceptors (Lipinski definition) is 5. The summed E-state index contributed by atoms with van der Waals surface area (Å²) >= 11 is 13.8. The zero-order valence-electron chi connectivity index (χ0n) is 26.9. The van der Waals surface area contributed by atoms with Crippen LogP contribution in [0.3, 0.4) is 0 Å². The zero-order valence-corrected chi connectivity index (χ0v) is 29.3. The Bertz CT molecular complexity index is 1030. The minimum atomic E-state index is -1.09. The van der Waals surface area contributed by atoms with Crippen molar-refractivity contribution in [1.82, 2.24) is 14.5 Å². The second-order valence-corrected chi connectivity index (χ2v) is 15.9. The third-order valence-corrected chi connectivity index (χ3v) is 9.87. The topological polar surface area (TPSA) is 28.2 Å². The normalized spacial score (nSPS) is 12.8. The fourth-order valence-corrected chi connectivity index (χ4v) is 7.79. The van der Waals surface area contributed by atoms with Gasteiger partial charge in [0.05, 0.1) is 0 Å². The van der Waals surface area contributed by atoms with Gasteiger partial charge in [-0.25, -0.2) is 0 Å². The molecule has 0 fully saturated rings. The Morgan fingerprint density at radius 1 is 0.650 bits per heavy atom. The van der Waals surface area contributed by atoms with E-state index in [2.05, 4.69) is 122 Å². The van der Waals surface area contributed by atoms with Gasteiger partial charge in [-0.05, 0) is 76.4 Å². The van der Waals surface area contributed by atoms with Crippen LogP contribution in [0.2, 0.25) is 10.0 Å². The molecule has 0 amide bonds. The smallest absolute Gasteiger partial charge is 0.132 e. The molecule has 2 aromatic carbocycles. The van der Waals surface area contributed by atoms with E-state index in [4.69, 9.17) is 32.7 Å². The van der Waals surface area contributed by atoms with Crippen molar-refractivity contribution in [2.75, 3.05) is 67.6 Å². The molecule has 2 rings (SSSR count). The van der Waals surface area contributed by atoms with Crippen LogP contribution in [0, 0.1) is 0 Å². The highest BCUT2D eigenvalue weighted by Crippen LogP contribution is 2.49. The molecule has 0 bridgehead atoms. The molecule has 5 nitrogen and oxygen atoms in total. The molecular formula is C32H52Cl2N3O2P. The summed E-state index contributed by atoms with van der Waals surface area (Å²) in [6.07, 6.45) is 0. The lowest BCUT2D eigenvalue weighted by molar-refractivity contribution is 0.258. The number of benzene rings is 2. The maximum atomic E-state index is 6.89. The van der Waals surface area contributed by atoms with Gasteiger partial charge in [0.2, 0.25) is 0 Å². The monoisotopic (exact) mass is 611 g/mol. The summed E-state index contributed by atoms with van der Waals surface area (Å²) in [7, 11) is 7.17. The first-order chi connectivity index (χ1) is 18.5. The lowest BCUT2D eigenvalue weighted by Crippen LogP contribution is -2.33. The van der Waals surface area contributed by atoms with Gasteiger partial charge in [-0.2, -0.15) is 0 Å². The molecule has 0 saturated carbocycles. The van der Waals surface area contributed by atoms with Crippen molar-refractivity contribution in [2.45, 2.75) is 66.2 Å². The summed E-state index contributed by atoms with van der Waals surface area (Å²) < 4.78 is 15.9. The van der Waals surface area contributed by atoms with Crippen molar-refractivity contribution >= 4 is 41.9 Å². The number of hydrogen-bond donors (Lipinski definition) is 0. The Hall–Kier alpha value is -1.07. The molecule has 0 N–H and O–H groups in total. The molecule has 0 aliphatic heterocycles. The first kappa shape index (κ1) is 35.1. The summed E-state index contributed by atoms with van der Waals surface area (Å²) in [4.78, 5) is 4.28. The highest BCUT2D eigenvalue weighted by atomic mass is 35.5. The van der Waals surface area contributed by atoms with Crippen LogP contribution in [0.15, 0.2) is 24.3 Å². The quantitative estimate of drug-likeness (QED) is 0.224. The maximum absolute atomic E-state index is 6.89. The van der Waals surface area contributed by atoms with Gasteiger partial charge in [0, 0.05) is 52.9 Å². The largest absolute Gasteiger partial charge is 0.491 e. The molecule has 2 aromatic rings. The van der Waals surface area contributed by atoms with Gasteiger partial charge in [0.15, 0.2) is 0 Å². The van der Waals surface area contributed by atoms with E-state index in [9.17, 15) is 0 Å². The molecule has 0 aliphatic carbocycles. The molecule has 0 radical (unpaired) electrons. The van der Waals surface area contributed by atoms with Crippen molar-refractivity contribution in [3.8, 4) is 11.5 Å². The average molecular weight is 613 g/mol. The molecule has 226 valence electrons. The summed E-state index contributed by atoms with van der Waals surface area (Å²) in [5.74, 6) is 1.85. The first-order valence-electron chi connectivity index (χ1n) is 14.3. The zero-order chi connectivity index (χ0) is 30.4. The predicted molar refractivity (Wildman–Crippen MR) is 178 cm³/mol. The number of ether oxygens (including phenoxy) is 2. The van der Waals surface area contributed by atoms with Gasteiger partial charge in [-0.1, -0.05) is 78.6 Å². The van der Waals surface area contributed by atoms with Crippen LogP contribution in [0.25, 0.3) is 0 Å². The van der Waals surface area contributed by atoms with E-state index in [1.807, 2.05) is 0 Å². The van der Waals surface area contributed by atoms with Gasteiger partial charge in [0.25, 0.3) is 0 Å². The summed E-state index contributed by atoms with van der Waals surface area (Å²) in [6.45, 7) is 22.3. The molecule has 0 aromatic heterocycles. The molecule has 8 heteroatoms. The second kappa shape index (κ2) is 14.9. The van der Waals surface area contributed by atoms with Crippen molar-refractivity contribution in [2.24, 2.45) is 0 Å². The molecule has 0 aliphatic rings. The highest BCUT2D eigenvalue weighted by molar-refractivity contribution is 7.71. The third-order valence-electron chi connectivity index (χ3n) is 6.72. The molecule has 0 unspecified atom stereocenters. The van der Waals surface area contributed by atoms with Gasteiger partial charge >= 0.3 is 0 Å². The van der Waals surface area contributed by atoms with E-state index < -0.39 is 8.07 Å². The lowest BCUT2D eigenvalue weighted by atomic mass is 9.86. The summed E-state index contributed by atoms with van der Waals surface area (Å²) in [6, 6.07) is 8.35. The van der Waals surface area contributed by atoms with Crippen molar-refractivity contribution in [3.63, 3.8) is 0 Å². The van der Waals surface area contributed by atoms with Crippen molar-refractivity contribution < 1.29 is 9.47 Å². The van der Waals surface area contributed by atoms with Gasteiger partial charge in [-0.3, -0.25) is 4.67 Å². The van der Waals surface area contributed by atoms with Crippen molar-refractivity contribution in [1.29, 1.82) is 0 Å². The minimum Gasteiger partial charge on any atom is -0.491 e. The Kier molecular flexibility index (Phi) is 13.1. The standard InChI is InChI=1S/C32H52Cl2N3O2P/c1-13-37(14-2)40(27-21-23(33)19-25(31(3,4)5)29(27)38-17-15-35(9)10)28-22-24(34)20-26(32(6,7)8)30(28)39-18-16-36(11)12/h19-22H,13-18H2,1-12H3. The van der Waals surface area contributed by atoms with Crippen LogP contribution in [0.4, 0.5) is 0 Å². The van der Waals surface area contributed by atoms with Crippen LogP contribution in [0.5, 0.6) is 11.5 Å². The fraction of sp³-hybridized carbons (Fsp3) is 0.625. The SMILES string of the molecule is CCN(CC)P(c1cc(Cl)cc(C(C)(C)C)c1OCCN(C)C)c1cc(Cl)cc(C(C)(C)C)c1OCCN(C)C. The predicted octanol–water partition coefficient (Wildman–Crippen LogP) is 7.16. The molecule has 0 saturated heterocycles. The average Bonchev–Trinajstić information content (AvgIpc) is 2.82. The lowest BCUT2D eigenvalue weighted by Gasteiger charge is -2.36. The first-order valence-corrected chi connectivity index (χ1v) is 16.3. The van der Waals surface area contributed by atoms with Crippen LogP contribution >= 0.6 is 31.3 Å². The van der Waals surface area contributed by atoms with Gasteiger partial charge in [-0.15, -0.1) is 0 Å². The minimum absolute atomic E-state index is 0.159. The van der Waals surface area contributed by atoms with Crippen LogP contribution in [0.1, 0.15) is 66.5 Å². The molecular weight excluding hydrogens is 560 g/mol. The summed E-state index contributed by atoms with van der Waals surface area (Å²) in [5, 5.41) is 3.64. The fourth-order valence-electron chi connectivity index (χ4n) is 4.49. The van der Waals surface area contributed by atoms with E-state index in [0.29, 0.717) is 23.3 Å². The maximum Gasteiger partial charge on any atom is 0.132 e. The second-order valence-electron chi connectivity index (χ2n) is 12.9. The van der Waals surface area contributed by atoms with E-state index in [1.54, 1.807) is 0 Å². The molecule has 40 heavy (non-hydrogen) atoms. The van der Waals surface area contributed by atoms with Gasteiger partial charge in [0.1, 0.15) is 24.7 Å². The summed E-state index contributed by atoms with van der Waals surface area (Å²) in [5.41, 5.74) is 1.91. The van der Waals surface area contributed by atoms with E-state index in [-0.39, 0.29) is 10.8 Å². The number of nitrogens with zero attached hydrogens (tertiary/aromatic N) is 3. The molecule has 0 heterocycles. The Labute approximate surface area is 255 Å². The highest BCUT2D eigenvalue weighted by Gasteiger charge is 2.34. The number of rotatable bonds is 13. The van der Waals surface area contributed by atoms with Crippen LogP contribution in [-0.2, 0) is 10.8 Å². The van der Waals surface area contributed by atoms with Crippen molar-refractivity contribution in [3.05, 3.63) is 45.4 Å². The molecule has 0 spiro atoms. The van der Waals surface area contributed by atoms with Crippen LogP contribution in [-0.4, -0.2) is 82.1 Å². The Balaban J connectivity index is 2.97. The number of likely N-dealkylation sites (N-methyl/N-ethyl adjacent to an activating group) is 2. The Morgan fingerprint density at radius 3 is 1.27 bits per heavy atom. The number of halogens is 2. The van der Waals surface area contributed by atoms with E-state index >= 15 is 0 Å². The molecule has 0 atom stereocenters. The van der Waals surface area contributed by atoms with E-state index in [1.165, 1.54) is 0 Å². The third kappa shape index (κ3) is 9.48. The van der Waals surface area contributed by atoms with E-state index in [0.717, 1.165) is 59.4 Å². The van der Waals surface area contributed by atoms with Crippen LogP contribution < -0.4 is 20.1 Å². The van der Waals surface area contributed by atoms with Gasteiger partial charge < -0.3 is 19.3 Å².